The zero-order valence-corrected chi connectivity index (χ0v) is 18.6. The lowest BCUT2D eigenvalue weighted by molar-refractivity contribution is 0.0694. The van der Waals surface area contributed by atoms with Crippen molar-refractivity contribution in [2.75, 3.05) is 49.6 Å². The monoisotopic (exact) mass is 408 g/mol. The number of anilines is 2. The fraction of sp³-hybridized carbons (Fsp3) is 0.500. The molecule has 3 heterocycles. The van der Waals surface area contributed by atoms with Crippen LogP contribution in [0.1, 0.15) is 43.6 Å². The highest BCUT2D eigenvalue weighted by atomic mass is 16.4. The lowest BCUT2D eigenvalue weighted by Crippen LogP contribution is -2.44. The second-order valence-electron chi connectivity index (χ2n) is 9.52. The van der Waals surface area contributed by atoms with Gasteiger partial charge in [0.15, 0.2) is 0 Å². The molecule has 0 spiro atoms. The van der Waals surface area contributed by atoms with Crippen molar-refractivity contribution in [2.24, 2.45) is 0 Å². The molecule has 4 rings (SSSR count). The number of nitrogens with zero attached hydrogens (tertiary/aromatic N) is 4. The second kappa shape index (κ2) is 7.58. The normalized spacial score (nSPS) is 18.7. The molecule has 30 heavy (non-hydrogen) atoms. The predicted octanol–water partition coefficient (Wildman–Crippen LogP) is 3.70. The average Bonchev–Trinajstić information content (AvgIpc) is 2.99. The van der Waals surface area contributed by atoms with Crippen molar-refractivity contribution in [1.29, 1.82) is 0 Å². The highest BCUT2D eigenvalue weighted by Crippen LogP contribution is 2.45. The minimum absolute atomic E-state index is 0.199. The molecule has 0 bridgehead atoms. The zero-order valence-electron chi connectivity index (χ0n) is 18.6. The molecule has 6 nitrogen and oxygen atoms in total. The minimum atomic E-state index is -0.867. The lowest BCUT2D eigenvalue weighted by Gasteiger charge is -2.33. The number of piperazine rings is 1. The standard InChI is InChI=1S/C24H32N4O2/c1-16(2)28-15-24(3,4)22-19(23(29)30)12-18(13-20(22)28)17-6-7-21(25-14-17)27-10-8-26(5)9-11-27/h6-7,12-14,16H,8-11,15H2,1-5H3,(H,29,30). The zero-order chi connectivity index (χ0) is 21.6. The molecule has 1 aromatic carbocycles. The van der Waals surface area contributed by atoms with E-state index in [0.29, 0.717) is 11.6 Å². The van der Waals surface area contributed by atoms with Gasteiger partial charge in [-0.15, -0.1) is 0 Å². The Morgan fingerprint density at radius 1 is 1.10 bits per heavy atom. The number of carboxylic acids is 1. The van der Waals surface area contributed by atoms with Crippen LogP contribution in [-0.4, -0.2) is 66.8 Å². The number of hydrogen-bond acceptors (Lipinski definition) is 5. The number of carbonyl (C=O) groups is 1. The Kier molecular flexibility index (Phi) is 5.22. The third kappa shape index (κ3) is 3.65. The van der Waals surface area contributed by atoms with Crippen molar-refractivity contribution in [2.45, 2.75) is 39.2 Å². The van der Waals surface area contributed by atoms with Crippen LogP contribution in [0.15, 0.2) is 30.5 Å². The summed E-state index contributed by atoms with van der Waals surface area (Å²) in [4.78, 5) is 23.8. The Hall–Kier alpha value is -2.60. The molecular weight excluding hydrogens is 376 g/mol. The van der Waals surface area contributed by atoms with Gasteiger partial charge in [0.1, 0.15) is 5.82 Å². The van der Waals surface area contributed by atoms with Crippen molar-refractivity contribution in [3.8, 4) is 11.1 Å². The first-order valence-electron chi connectivity index (χ1n) is 10.8. The summed E-state index contributed by atoms with van der Waals surface area (Å²) in [6, 6.07) is 8.38. The van der Waals surface area contributed by atoms with E-state index in [4.69, 9.17) is 4.98 Å². The van der Waals surface area contributed by atoms with Crippen molar-refractivity contribution >= 4 is 17.5 Å². The summed E-state index contributed by atoms with van der Waals surface area (Å²) in [6.45, 7) is 13.4. The Bertz CT molecular complexity index is 944. The van der Waals surface area contributed by atoms with E-state index in [9.17, 15) is 9.90 Å². The number of aromatic carboxylic acids is 1. The summed E-state index contributed by atoms with van der Waals surface area (Å²) in [6.07, 6.45) is 1.88. The Morgan fingerprint density at radius 2 is 1.80 bits per heavy atom. The topological polar surface area (TPSA) is 59.9 Å². The molecular formula is C24H32N4O2. The van der Waals surface area contributed by atoms with Crippen LogP contribution in [0.3, 0.4) is 0 Å². The molecule has 2 aliphatic heterocycles. The van der Waals surface area contributed by atoms with Crippen LogP contribution in [0.25, 0.3) is 11.1 Å². The van der Waals surface area contributed by atoms with Crippen LogP contribution in [0.4, 0.5) is 11.5 Å². The van der Waals surface area contributed by atoms with Gasteiger partial charge in [0.25, 0.3) is 0 Å². The summed E-state index contributed by atoms with van der Waals surface area (Å²) >= 11 is 0. The number of hydrogen-bond donors (Lipinski definition) is 1. The van der Waals surface area contributed by atoms with Gasteiger partial charge in [-0.3, -0.25) is 0 Å². The van der Waals surface area contributed by atoms with E-state index in [-0.39, 0.29) is 5.41 Å². The molecule has 1 saturated heterocycles. The van der Waals surface area contributed by atoms with Crippen molar-refractivity contribution in [3.63, 3.8) is 0 Å². The van der Waals surface area contributed by atoms with Gasteiger partial charge in [0.05, 0.1) is 5.56 Å². The summed E-state index contributed by atoms with van der Waals surface area (Å²) in [7, 11) is 2.14. The number of rotatable bonds is 4. The van der Waals surface area contributed by atoms with Crippen LogP contribution < -0.4 is 9.80 Å². The highest BCUT2D eigenvalue weighted by molar-refractivity contribution is 5.95. The van der Waals surface area contributed by atoms with Crippen LogP contribution >= 0.6 is 0 Å². The molecule has 2 aromatic rings. The van der Waals surface area contributed by atoms with Gasteiger partial charge >= 0.3 is 5.97 Å². The van der Waals surface area contributed by atoms with Gasteiger partial charge < -0.3 is 19.8 Å². The molecule has 0 aliphatic carbocycles. The summed E-state index contributed by atoms with van der Waals surface area (Å²) < 4.78 is 0. The number of benzene rings is 1. The summed E-state index contributed by atoms with van der Waals surface area (Å²) in [5, 5.41) is 9.97. The molecule has 1 aromatic heterocycles. The number of fused-ring (bicyclic) bond motifs is 1. The molecule has 0 radical (unpaired) electrons. The van der Waals surface area contributed by atoms with Crippen LogP contribution in [0, 0.1) is 0 Å². The smallest absolute Gasteiger partial charge is 0.336 e. The third-order valence-corrected chi connectivity index (χ3v) is 6.43. The first kappa shape index (κ1) is 20.7. The van der Waals surface area contributed by atoms with Crippen molar-refractivity contribution in [3.05, 3.63) is 41.6 Å². The van der Waals surface area contributed by atoms with Crippen LogP contribution in [0.5, 0.6) is 0 Å². The van der Waals surface area contributed by atoms with Gasteiger partial charge in [-0.2, -0.15) is 0 Å². The van der Waals surface area contributed by atoms with Crippen molar-refractivity contribution < 1.29 is 9.90 Å². The Balaban J connectivity index is 1.72. The van der Waals surface area contributed by atoms with Crippen molar-refractivity contribution in [1.82, 2.24) is 9.88 Å². The molecule has 2 aliphatic rings. The molecule has 0 unspecified atom stereocenters. The molecule has 6 heteroatoms. The fourth-order valence-corrected chi connectivity index (χ4v) is 4.73. The largest absolute Gasteiger partial charge is 0.478 e. The maximum Gasteiger partial charge on any atom is 0.336 e. The first-order chi connectivity index (χ1) is 14.2. The maximum atomic E-state index is 12.2. The lowest BCUT2D eigenvalue weighted by atomic mass is 9.82. The van der Waals surface area contributed by atoms with E-state index in [2.05, 4.69) is 67.6 Å². The van der Waals surface area contributed by atoms with Gasteiger partial charge in [0, 0.05) is 61.6 Å². The van der Waals surface area contributed by atoms with E-state index in [1.54, 1.807) is 0 Å². The van der Waals surface area contributed by atoms with E-state index in [1.807, 2.05) is 12.3 Å². The van der Waals surface area contributed by atoms with Gasteiger partial charge in [0.2, 0.25) is 0 Å². The SMILES string of the molecule is CC(C)N1CC(C)(C)c2c(C(=O)O)cc(-c3ccc(N4CCN(C)CC4)nc3)cc21. The molecule has 1 N–H and O–H groups in total. The summed E-state index contributed by atoms with van der Waals surface area (Å²) in [5.41, 5.74) is 4.04. The van der Waals surface area contributed by atoms with E-state index in [1.165, 1.54) is 0 Å². The quantitative estimate of drug-likeness (QED) is 0.832. The summed E-state index contributed by atoms with van der Waals surface area (Å²) in [5.74, 6) is 0.116. The maximum absolute atomic E-state index is 12.2. The van der Waals surface area contributed by atoms with E-state index >= 15 is 0 Å². The minimum Gasteiger partial charge on any atom is -0.478 e. The number of pyridine rings is 1. The fourth-order valence-electron chi connectivity index (χ4n) is 4.73. The Morgan fingerprint density at radius 3 is 2.37 bits per heavy atom. The average molecular weight is 409 g/mol. The Labute approximate surface area is 179 Å². The van der Waals surface area contributed by atoms with Crippen LogP contribution in [-0.2, 0) is 5.41 Å². The molecule has 0 atom stereocenters. The molecule has 160 valence electrons. The van der Waals surface area contributed by atoms with Gasteiger partial charge in [-0.25, -0.2) is 9.78 Å². The van der Waals surface area contributed by atoms with E-state index in [0.717, 1.165) is 60.9 Å². The molecule has 0 saturated carbocycles. The molecule has 1 fully saturated rings. The second-order valence-corrected chi connectivity index (χ2v) is 9.52. The molecule has 0 amide bonds. The number of aromatic nitrogens is 1. The third-order valence-electron chi connectivity index (χ3n) is 6.43. The van der Waals surface area contributed by atoms with Gasteiger partial charge in [-0.1, -0.05) is 13.8 Å². The number of carboxylic acid groups (broad SMARTS) is 1. The van der Waals surface area contributed by atoms with Gasteiger partial charge in [-0.05, 0) is 56.3 Å². The number of likely N-dealkylation sites (N-methyl/N-ethyl adjacent to an activating group) is 1. The highest BCUT2D eigenvalue weighted by Gasteiger charge is 2.40. The van der Waals surface area contributed by atoms with Crippen LogP contribution in [0.2, 0.25) is 0 Å². The van der Waals surface area contributed by atoms with E-state index < -0.39 is 5.97 Å². The predicted molar refractivity (Wildman–Crippen MR) is 122 cm³/mol. The first-order valence-corrected chi connectivity index (χ1v) is 10.8.